The molecule has 2 N–H and O–H groups in total. The average molecular weight is 337 g/mol. The Hall–Kier alpha value is -2.56. The fraction of sp³-hybridized carbons (Fsp3) is 0.238. The van der Waals surface area contributed by atoms with Gasteiger partial charge in [-0.05, 0) is 52.2 Å². The SMILES string of the molecule is COc1cccc(C(CO)NCc2ccc3cc(OC)ccc3c2)c1. The molecular formula is C21H23NO3. The molecule has 0 aromatic heterocycles. The van der Waals surface area contributed by atoms with Gasteiger partial charge in [0.05, 0.1) is 26.9 Å². The minimum Gasteiger partial charge on any atom is -0.497 e. The van der Waals surface area contributed by atoms with Gasteiger partial charge in [-0.15, -0.1) is 0 Å². The molecule has 1 unspecified atom stereocenters. The predicted octanol–water partition coefficient (Wildman–Crippen LogP) is 3.68. The molecule has 4 nitrogen and oxygen atoms in total. The van der Waals surface area contributed by atoms with Gasteiger partial charge in [0, 0.05) is 6.54 Å². The molecule has 25 heavy (non-hydrogen) atoms. The first-order valence-corrected chi connectivity index (χ1v) is 8.28. The molecule has 130 valence electrons. The Morgan fingerprint density at radius 3 is 2.36 bits per heavy atom. The van der Waals surface area contributed by atoms with E-state index in [4.69, 9.17) is 9.47 Å². The number of fused-ring (bicyclic) bond motifs is 1. The molecule has 0 spiro atoms. The Morgan fingerprint density at radius 1 is 0.880 bits per heavy atom. The van der Waals surface area contributed by atoms with Crippen molar-refractivity contribution >= 4 is 10.8 Å². The Bertz CT molecular complexity index is 847. The molecule has 0 radical (unpaired) electrons. The lowest BCUT2D eigenvalue weighted by molar-refractivity contribution is 0.243. The molecule has 0 saturated heterocycles. The topological polar surface area (TPSA) is 50.7 Å². The number of methoxy groups -OCH3 is 2. The van der Waals surface area contributed by atoms with E-state index >= 15 is 0 Å². The van der Waals surface area contributed by atoms with Crippen molar-refractivity contribution in [1.82, 2.24) is 5.32 Å². The molecule has 0 heterocycles. The molecule has 0 saturated carbocycles. The largest absolute Gasteiger partial charge is 0.497 e. The number of nitrogens with one attached hydrogen (secondary N) is 1. The summed E-state index contributed by atoms with van der Waals surface area (Å²) >= 11 is 0. The monoisotopic (exact) mass is 337 g/mol. The van der Waals surface area contributed by atoms with Gasteiger partial charge in [0.2, 0.25) is 0 Å². The van der Waals surface area contributed by atoms with Gasteiger partial charge in [0.1, 0.15) is 11.5 Å². The first kappa shape index (κ1) is 17.3. The number of hydrogen-bond acceptors (Lipinski definition) is 4. The van der Waals surface area contributed by atoms with Crippen LogP contribution in [0, 0.1) is 0 Å². The molecule has 3 aromatic rings. The highest BCUT2D eigenvalue weighted by molar-refractivity contribution is 5.84. The molecule has 3 aromatic carbocycles. The molecule has 0 aliphatic rings. The zero-order valence-electron chi connectivity index (χ0n) is 14.5. The highest BCUT2D eigenvalue weighted by Crippen LogP contribution is 2.23. The number of aliphatic hydroxyl groups excluding tert-OH is 1. The first-order valence-electron chi connectivity index (χ1n) is 8.28. The van der Waals surface area contributed by atoms with Gasteiger partial charge in [-0.3, -0.25) is 0 Å². The van der Waals surface area contributed by atoms with Crippen molar-refractivity contribution in [3.8, 4) is 11.5 Å². The number of ether oxygens (including phenoxy) is 2. The third kappa shape index (κ3) is 4.10. The summed E-state index contributed by atoms with van der Waals surface area (Å²) in [5, 5.41) is 15.5. The zero-order valence-corrected chi connectivity index (χ0v) is 14.5. The standard InChI is InChI=1S/C21H23NO3/c1-24-19-5-3-4-18(12-19)21(14-23)22-13-15-6-7-17-11-20(25-2)9-8-16(17)10-15/h3-12,21-23H,13-14H2,1-2H3. The predicted molar refractivity (Wildman–Crippen MR) is 100 cm³/mol. The summed E-state index contributed by atoms with van der Waals surface area (Å²) in [6, 6.07) is 20.0. The van der Waals surface area contributed by atoms with Crippen molar-refractivity contribution < 1.29 is 14.6 Å². The van der Waals surface area contributed by atoms with Crippen LogP contribution >= 0.6 is 0 Å². The Balaban J connectivity index is 1.73. The van der Waals surface area contributed by atoms with E-state index in [1.165, 1.54) is 10.9 Å². The third-order valence-corrected chi connectivity index (χ3v) is 4.34. The van der Waals surface area contributed by atoms with Crippen LogP contribution in [0.15, 0.2) is 60.7 Å². The van der Waals surface area contributed by atoms with Crippen molar-refractivity contribution in [2.45, 2.75) is 12.6 Å². The highest BCUT2D eigenvalue weighted by atomic mass is 16.5. The zero-order chi connectivity index (χ0) is 17.6. The van der Waals surface area contributed by atoms with Crippen molar-refractivity contribution in [2.75, 3.05) is 20.8 Å². The molecule has 1 atom stereocenters. The summed E-state index contributed by atoms with van der Waals surface area (Å²) in [5.74, 6) is 1.65. The van der Waals surface area contributed by atoms with Gasteiger partial charge >= 0.3 is 0 Å². The van der Waals surface area contributed by atoms with Crippen LogP contribution in [-0.2, 0) is 6.54 Å². The van der Waals surface area contributed by atoms with Gasteiger partial charge in [0.25, 0.3) is 0 Å². The fourth-order valence-electron chi connectivity index (χ4n) is 2.90. The van der Waals surface area contributed by atoms with E-state index in [1.54, 1.807) is 14.2 Å². The van der Waals surface area contributed by atoms with E-state index in [0.717, 1.165) is 22.4 Å². The quantitative estimate of drug-likeness (QED) is 0.690. The van der Waals surface area contributed by atoms with Crippen LogP contribution in [0.1, 0.15) is 17.2 Å². The van der Waals surface area contributed by atoms with Gasteiger partial charge in [-0.2, -0.15) is 0 Å². The van der Waals surface area contributed by atoms with E-state index in [1.807, 2.05) is 36.4 Å². The van der Waals surface area contributed by atoms with Gasteiger partial charge in [0.15, 0.2) is 0 Å². The van der Waals surface area contributed by atoms with Crippen LogP contribution in [0.4, 0.5) is 0 Å². The Morgan fingerprint density at radius 2 is 1.60 bits per heavy atom. The number of hydrogen-bond donors (Lipinski definition) is 2. The molecule has 3 rings (SSSR count). The molecule has 0 aliphatic carbocycles. The van der Waals surface area contributed by atoms with Crippen LogP contribution in [0.5, 0.6) is 11.5 Å². The van der Waals surface area contributed by atoms with E-state index < -0.39 is 0 Å². The lowest BCUT2D eigenvalue weighted by atomic mass is 10.0. The molecular weight excluding hydrogens is 314 g/mol. The minimum absolute atomic E-state index is 0.0257. The van der Waals surface area contributed by atoms with Crippen LogP contribution in [0.2, 0.25) is 0 Å². The van der Waals surface area contributed by atoms with Gasteiger partial charge in [-0.25, -0.2) is 0 Å². The maximum Gasteiger partial charge on any atom is 0.119 e. The molecule has 4 heteroatoms. The van der Waals surface area contributed by atoms with Crippen molar-refractivity contribution in [3.05, 3.63) is 71.8 Å². The fourth-order valence-corrected chi connectivity index (χ4v) is 2.90. The summed E-state index contributed by atoms with van der Waals surface area (Å²) < 4.78 is 10.5. The van der Waals surface area contributed by atoms with Gasteiger partial charge in [-0.1, -0.05) is 30.3 Å². The van der Waals surface area contributed by atoms with Gasteiger partial charge < -0.3 is 19.9 Å². The van der Waals surface area contributed by atoms with Crippen molar-refractivity contribution in [2.24, 2.45) is 0 Å². The number of aliphatic hydroxyl groups is 1. The van der Waals surface area contributed by atoms with E-state index in [2.05, 4.69) is 29.6 Å². The number of rotatable bonds is 7. The average Bonchev–Trinajstić information content (AvgIpc) is 2.68. The van der Waals surface area contributed by atoms with Crippen molar-refractivity contribution in [1.29, 1.82) is 0 Å². The minimum atomic E-state index is -0.137. The van der Waals surface area contributed by atoms with Crippen molar-refractivity contribution in [3.63, 3.8) is 0 Å². The smallest absolute Gasteiger partial charge is 0.119 e. The first-order chi connectivity index (χ1) is 12.2. The Labute approximate surface area is 148 Å². The van der Waals surface area contributed by atoms with Crippen LogP contribution in [0.3, 0.4) is 0 Å². The van der Waals surface area contributed by atoms with E-state index in [0.29, 0.717) is 6.54 Å². The normalized spacial score (nSPS) is 12.1. The summed E-state index contributed by atoms with van der Waals surface area (Å²) in [7, 11) is 3.32. The van der Waals surface area contributed by atoms with E-state index in [-0.39, 0.29) is 12.6 Å². The summed E-state index contributed by atoms with van der Waals surface area (Å²) in [4.78, 5) is 0. The third-order valence-electron chi connectivity index (χ3n) is 4.34. The molecule has 0 aliphatic heterocycles. The lowest BCUT2D eigenvalue weighted by Gasteiger charge is -2.18. The number of benzene rings is 3. The van der Waals surface area contributed by atoms with E-state index in [9.17, 15) is 5.11 Å². The maximum atomic E-state index is 9.73. The molecule has 0 fully saturated rings. The Kier molecular flexibility index (Phi) is 5.53. The second-order valence-electron chi connectivity index (χ2n) is 5.94. The van der Waals surface area contributed by atoms with Crippen LogP contribution in [-0.4, -0.2) is 25.9 Å². The van der Waals surface area contributed by atoms with Crippen LogP contribution in [0.25, 0.3) is 10.8 Å². The second-order valence-corrected chi connectivity index (χ2v) is 5.94. The summed E-state index contributed by atoms with van der Waals surface area (Å²) in [6.45, 7) is 0.697. The molecule has 0 bridgehead atoms. The second kappa shape index (κ2) is 8.01. The lowest BCUT2D eigenvalue weighted by Crippen LogP contribution is -2.24. The summed E-state index contributed by atoms with van der Waals surface area (Å²) in [6.07, 6.45) is 0. The maximum absolute atomic E-state index is 9.73. The van der Waals surface area contributed by atoms with Crippen LogP contribution < -0.4 is 14.8 Å². The molecule has 0 amide bonds. The highest BCUT2D eigenvalue weighted by Gasteiger charge is 2.11. The summed E-state index contributed by atoms with van der Waals surface area (Å²) in [5.41, 5.74) is 2.17.